The summed E-state index contributed by atoms with van der Waals surface area (Å²) in [5.74, 6) is 1.54. The molecule has 0 bridgehead atoms. The first-order valence-corrected chi connectivity index (χ1v) is 15.6. The lowest BCUT2D eigenvalue weighted by Gasteiger charge is -2.39. The molecule has 0 saturated heterocycles. The number of unbranched alkanes of at least 4 members (excludes halogenated alkanes) is 2. The summed E-state index contributed by atoms with van der Waals surface area (Å²) >= 11 is 7.83. The highest BCUT2D eigenvalue weighted by molar-refractivity contribution is 9.10. The number of hydrogen-bond acceptors (Lipinski definition) is 0. The smallest absolute Gasteiger partial charge is 0.0221 e. The first-order valence-electron chi connectivity index (χ1n) is 14.0. The molecule has 0 aromatic heterocycles. The van der Waals surface area contributed by atoms with Gasteiger partial charge in [-0.3, -0.25) is 0 Å². The molecule has 2 unspecified atom stereocenters. The van der Waals surface area contributed by atoms with Crippen LogP contribution in [-0.2, 0) is 11.8 Å². The van der Waals surface area contributed by atoms with Crippen molar-refractivity contribution >= 4 is 31.9 Å². The molecule has 0 saturated carbocycles. The van der Waals surface area contributed by atoms with Crippen LogP contribution in [0.5, 0.6) is 0 Å². The van der Waals surface area contributed by atoms with E-state index in [9.17, 15) is 0 Å². The summed E-state index contributed by atoms with van der Waals surface area (Å²) in [7, 11) is 0. The zero-order valence-corrected chi connectivity index (χ0v) is 25.7. The van der Waals surface area contributed by atoms with E-state index in [1.165, 1.54) is 84.3 Å². The summed E-state index contributed by atoms with van der Waals surface area (Å²) in [4.78, 5) is 0. The maximum Gasteiger partial charge on any atom is 0.0221 e. The SMILES string of the molecule is CCCCC(CC)CC1(CC(CC)CCCC)c2cc(Br)cc(C)c2-c2c(CC)cc(Br)cc21. The Morgan fingerprint density at radius 2 is 1.21 bits per heavy atom. The van der Waals surface area contributed by atoms with Crippen LogP contribution in [0.2, 0.25) is 0 Å². The molecule has 2 atom stereocenters. The Hall–Kier alpha value is -0.600. The van der Waals surface area contributed by atoms with Crippen molar-refractivity contribution in [1.82, 2.24) is 0 Å². The van der Waals surface area contributed by atoms with E-state index in [0.29, 0.717) is 0 Å². The average Bonchev–Trinajstić information content (AvgIpc) is 3.08. The van der Waals surface area contributed by atoms with E-state index >= 15 is 0 Å². The molecular weight excluding hydrogens is 544 g/mol. The van der Waals surface area contributed by atoms with Crippen LogP contribution in [-0.4, -0.2) is 0 Å². The Balaban J connectivity index is 2.30. The monoisotopic (exact) mass is 588 g/mol. The number of fused-ring (bicyclic) bond motifs is 3. The van der Waals surface area contributed by atoms with Gasteiger partial charge in [0, 0.05) is 14.4 Å². The Morgan fingerprint density at radius 3 is 1.68 bits per heavy atom. The molecule has 0 fully saturated rings. The van der Waals surface area contributed by atoms with Crippen LogP contribution in [0.4, 0.5) is 0 Å². The minimum absolute atomic E-state index is 0.107. The van der Waals surface area contributed by atoms with Gasteiger partial charge in [0.25, 0.3) is 0 Å². The molecule has 1 aliphatic rings. The van der Waals surface area contributed by atoms with Crippen molar-refractivity contribution in [3.05, 3.63) is 55.5 Å². The number of hydrogen-bond donors (Lipinski definition) is 0. The van der Waals surface area contributed by atoms with Gasteiger partial charge in [-0.05, 0) is 95.7 Å². The fourth-order valence-electron chi connectivity index (χ4n) is 6.61. The maximum absolute atomic E-state index is 3.93. The van der Waals surface area contributed by atoms with Gasteiger partial charge in [-0.25, -0.2) is 0 Å². The van der Waals surface area contributed by atoms with Gasteiger partial charge in [0.15, 0.2) is 0 Å². The van der Waals surface area contributed by atoms with E-state index in [-0.39, 0.29) is 5.41 Å². The molecule has 0 heterocycles. The fraction of sp³-hybridized carbons (Fsp3) is 0.625. The van der Waals surface area contributed by atoms with Gasteiger partial charge in [-0.15, -0.1) is 0 Å². The number of halogens is 2. The third-order valence-electron chi connectivity index (χ3n) is 8.51. The molecule has 2 heteroatoms. The molecule has 0 amide bonds. The quantitative estimate of drug-likeness (QED) is 0.218. The second-order valence-corrected chi connectivity index (χ2v) is 12.6. The summed E-state index contributed by atoms with van der Waals surface area (Å²) in [5.41, 5.74) is 9.34. The molecule has 1 aliphatic carbocycles. The molecule has 34 heavy (non-hydrogen) atoms. The number of rotatable bonds is 13. The zero-order chi connectivity index (χ0) is 24.9. The first-order chi connectivity index (χ1) is 16.3. The molecule has 0 N–H and O–H groups in total. The fourth-order valence-corrected chi connectivity index (χ4v) is 7.69. The summed E-state index contributed by atoms with van der Waals surface area (Å²) in [6.07, 6.45) is 14.2. The van der Waals surface area contributed by atoms with Gasteiger partial charge in [0.1, 0.15) is 0 Å². The Kier molecular flexibility index (Phi) is 10.3. The molecule has 0 radical (unpaired) electrons. The highest BCUT2D eigenvalue weighted by Gasteiger charge is 2.46. The van der Waals surface area contributed by atoms with E-state index in [1.807, 2.05) is 0 Å². The van der Waals surface area contributed by atoms with Crippen LogP contribution in [0, 0.1) is 18.8 Å². The highest BCUT2D eigenvalue weighted by atomic mass is 79.9. The van der Waals surface area contributed by atoms with Crippen molar-refractivity contribution in [2.45, 2.75) is 118 Å². The van der Waals surface area contributed by atoms with Crippen LogP contribution in [0.15, 0.2) is 33.2 Å². The molecule has 3 rings (SSSR count). The molecule has 0 nitrogen and oxygen atoms in total. The maximum atomic E-state index is 3.93. The predicted molar refractivity (Wildman–Crippen MR) is 158 cm³/mol. The molecular formula is C32H46Br2. The third-order valence-corrected chi connectivity index (χ3v) is 9.42. The highest BCUT2D eigenvalue weighted by Crippen LogP contribution is 2.59. The van der Waals surface area contributed by atoms with Gasteiger partial charge >= 0.3 is 0 Å². The third kappa shape index (κ3) is 5.69. The Bertz CT molecular complexity index is 940. The predicted octanol–water partition coefficient (Wildman–Crippen LogP) is 11.6. The molecule has 188 valence electrons. The number of benzene rings is 2. The van der Waals surface area contributed by atoms with Crippen molar-refractivity contribution in [1.29, 1.82) is 0 Å². The lowest BCUT2D eigenvalue weighted by atomic mass is 9.65. The molecule has 2 aromatic rings. The van der Waals surface area contributed by atoms with Crippen LogP contribution < -0.4 is 0 Å². The largest absolute Gasteiger partial charge is 0.0654 e. The minimum atomic E-state index is 0.107. The van der Waals surface area contributed by atoms with Gasteiger partial charge in [0.2, 0.25) is 0 Å². The van der Waals surface area contributed by atoms with Crippen LogP contribution in [0.25, 0.3) is 11.1 Å². The lowest BCUT2D eigenvalue weighted by Crippen LogP contribution is -2.31. The number of aryl methyl sites for hydroxylation is 2. The Morgan fingerprint density at radius 1 is 0.706 bits per heavy atom. The lowest BCUT2D eigenvalue weighted by molar-refractivity contribution is 0.266. The van der Waals surface area contributed by atoms with Crippen molar-refractivity contribution in [2.24, 2.45) is 11.8 Å². The topological polar surface area (TPSA) is 0 Å². The van der Waals surface area contributed by atoms with Crippen LogP contribution in [0.1, 0.15) is 121 Å². The van der Waals surface area contributed by atoms with Gasteiger partial charge in [-0.2, -0.15) is 0 Å². The van der Waals surface area contributed by atoms with E-state index in [0.717, 1.165) is 18.3 Å². The zero-order valence-electron chi connectivity index (χ0n) is 22.5. The summed E-state index contributed by atoms with van der Waals surface area (Å²) < 4.78 is 2.49. The average molecular weight is 591 g/mol. The van der Waals surface area contributed by atoms with Crippen LogP contribution in [0.3, 0.4) is 0 Å². The van der Waals surface area contributed by atoms with E-state index in [1.54, 1.807) is 22.3 Å². The second kappa shape index (κ2) is 12.6. The van der Waals surface area contributed by atoms with E-state index < -0.39 is 0 Å². The van der Waals surface area contributed by atoms with Crippen molar-refractivity contribution in [3.63, 3.8) is 0 Å². The molecule has 0 spiro atoms. The normalized spacial score (nSPS) is 18.6. The van der Waals surface area contributed by atoms with Crippen molar-refractivity contribution in [3.8, 4) is 11.1 Å². The van der Waals surface area contributed by atoms with Gasteiger partial charge in [-0.1, -0.05) is 118 Å². The van der Waals surface area contributed by atoms with Crippen molar-refractivity contribution < 1.29 is 0 Å². The first kappa shape index (κ1) is 28.0. The van der Waals surface area contributed by atoms with Crippen LogP contribution >= 0.6 is 31.9 Å². The van der Waals surface area contributed by atoms with Gasteiger partial charge in [0.05, 0.1) is 0 Å². The standard InChI is InChI=1S/C32H46Br2/c1-7-12-14-23(9-3)20-32(21-24(10-4)15-13-8-2)28-18-26(33)16-22(6)30(28)31-25(11-5)17-27(34)19-29(31)32/h16-19,23-24H,7-15,20-21H2,1-6H3. The second-order valence-electron chi connectivity index (χ2n) is 10.8. The summed E-state index contributed by atoms with van der Waals surface area (Å²) in [5, 5.41) is 0. The van der Waals surface area contributed by atoms with E-state index in [4.69, 9.17) is 0 Å². The van der Waals surface area contributed by atoms with E-state index in [2.05, 4.69) is 97.7 Å². The summed E-state index contributed by atoms with van der Waals surface area (Å²) in [6.45, 7) is 14.2. The minimum Gasteiger partial charge on any atom is -0.0654 e. The van der Waals surface area contributed by atoms with Gasteiger partial charge < -0.3 is 0 Å². The molecule has 0 aliphatic heterocycles. The van der Waals surface area contributed by atoms with Crippen molar-refractivity contribution in [2.75, 3.05) is 0 Å². The summed E-state index contributed by atoms with van der Waals surface area (Å²) in [6, 6.07) is 9.71. The molecule has 2 aromatic carbocycles. The Labute approximate surface area is 227 Å².